The van der Waals surface area contributed by atoms with Crippen molar-refractivity contribution in [1.29, 1.82) is 0 Å². The molecule has 0 aliphatic carbocycles. The maximum absolute atomic E-state index is 13.7. The number of hydrogen-bond donors (Lipinski definition) is 0. The summed E-state index contributed by atoms with van der Waals surface area (Å²) in [5.74, 6) is 0.510. The van der Waals surface area contributed by atoms with Crippen LogP contribution in [0.1, 0.15) is 25.8 Å². The van der Waals surface area contributed by atoms with Crippen molar-refractivity contribution in [3.63, 3.8) is 0 Å². The monoisotopic (exact) mass is 287 g/mol. The van der Waals surface area contributed by atoms with Crippen molar-refractivity contribution >= 4 is 21.6 Å². The summed E-state index contributed by atoms with van der Waals surface area (Å²) >= 11 is 3.32. The zero-order valence-corrected chi connectivity index (χ0v) is 11.7. The number of alkyl halides is 1. The maximum atomic E-state index is 13.7. The van der Waals surface area contributed by atoms with Crippen molar-refractivity contribution in [1.82, 2.24) is 0 Å². The SMILES string of the molecule is CC(C)CCN(C)c1ccc(CBr)cc1F. The summed E-state index contributed by atoms with van der Waals surface area (Å²) in [5, 5.41) is 0.694. The van der Waals surface area contributed by atoms with Gasteiger partial charge in [0.2, 0.25) is 0 Å². The topological polar surface area (TPSA) is 3.24 Å². The van der Waals surface area contributed by atoms with Gasteiger partial charge in [0.1, 0.15) is 5.82 Å². The number of nitrogens with zero attached hydrogens (tertiary/aromatic N) is 1. The lowest BCUT2D eigenvalue weighted by Gasteiger charge is -2.21. The van der Waals surface area contributed by atoms with Gasteiger partial charge in [0.25, 0.3) is 0 Å². The van der Waals surface area contributed by atoms with Gasteiger partial charge in [0.05, 0.1) is 5.69 Å². The third-order valence-electron chi connectivity index (χ3n) is 2.62. The summed E-state index contributed by atoms with van der Waals surface area (Å²) < 4.78 is 13.7. The summed E-state index contributed by atoms with van der Waals surface area (Å²) in [7, 11) is 1.94. The van der Waals surface area contributed by atoms with Crippen LogP contribution < -0.4 is 4.90 Å². The molecule has 90 valence electrons. The molecule has 0 aliphatic heterocycles. The number of halogens is 2. The van der Waals surface area contributed by atoms with Crippen molar-refractivity contribution < 1.29 is 4.39 Å². The van der Waals surface area contributed by atoms with Crippen LogP contribution in [-0.4, -0.2) is 13.6 Å². The normalized spacial score (nSPS) is 10.9. The van der Waals surface area contributed by atoms with Gasteiger partial charge in [-0.3, -0.25) is 0 Å². The molecule has 0 saturated heterocycles. The summed E-state index contributed by atoms with van der Waals surface area (Å²) in [6.45, 7) is 5.25. The molecule has 0 spiro atoms. The third-order valence-corrected chi connectivity index (χ3v) is 3.27. The minimum atomic E-state index is -0.136. The molecule has 3 heteroatoms. The van der Waals surface area contributed by atoms with Gasteiger partial charge in [-0.2, -0.15) is 0 Å². The van der Waals surface area contributed by atoms with Crippen LogP contribution in [0.15, 0.2) is 18.2 Å². The summed E-state index contributed by atoms with van der Waals surface area (Å²) in [6.07, 6.45) is 1.08. The molecule has 0 amide bonds. The van der Waals surface area contributed by atoms with Gasteiger partial charge in [-0.05, 0) is 30.0 Å². The van der Waals surface area contributed by atoms with E-state index in [4.69, 9.17) is 0 Å². The molecule has 1 aromatic rings. The van der Waals surface area contributed by atoms with E-state index in [9.17, 15) is 4.39 Å². The number of anilines is 1. The fraction of sp³-hybridized carbons (Fsp3) is 0.538. The minimum absolute atomic E-state index is 0.136. The Morgan fingerprint density at radius 2 is 2.06 bits per heavy atom. The first-order valence-electron chi connectivity index (χ1n) is 5.60. The van der Waals surface area contributed by atoms with Crippen LogP contribution in [0.3, 0.4) is 0 Å². The molecule has 0 saturated carbocycles. The number of rotatable bonds is 5. The number of benzene rings is 1. The molecule has 1 nitrogen and oxygen atoms in total. The molecule has 0 atom stereocenters. The average molecular weight is 288 g/mol. The Labute approximate surface area is 106 Å². The van der Waals surface area contributed by atoms with Gasteiger partial charge in [-0.1, -0.05) is 35.8 Å². The summed E-state index contributed by atoms with van der Waals surface area (Å²) in [4.78, 5) is 1.98. The summed E-state index contributed by atoms with van der Waals surface area (Å²) in [5.41, 5.74) is 1.66. The van der Waals surface area contributed by atoms with Gasteiger partial charge >= 0.3 is 0 Å². The standard InChI is InChI=1S/C13H19BrFN/c1-10(2)6-7-16(3)13-5-4-11(9-14)8-12(13)15/h4-5,8,10H,6-7,9H2,1-3H3. The quantitative estimate of drug-likeness (QED) is 0.734. The third kappa shape index (κ3) is 3.78. The molecule has 0 N–H and O–H groups in total. The Morgan fingerprint density at radius 1 is 1.38 bits per heavy atom. The van der Waals surface area contributed by atoms with Crippen LogP contribution in [0.4, 0.5) is 10.1 Å². The van der Waals surface area contributed by atoms with E-state index in [1.165, 1.54) is 0 Å². The van der Waals surface area contributed by atoms with E-state index in [0.717, 1.165) is 18.5 Å². The molecule has 16 heavy (non-hydrogen) atoms. The van der Waals surface area contributed by atoms with Crippen LogP contribution in [0.2, 0.25) is 0 Å². The molecule has 1 rings (SSSR count). The Hall–Kier alpha value is -0.570. The van der Waals surface area contributed by atoms with Gasteiger partial charge < -0.3 is 4.90 Å². The molecule has 0 aromatic heterocycles. The lowest BCUT2D eigenvalue weighted by atomic mass is 10.1. The predicted octanol–water partition coefficient (Wildman–Crippen LogP) is 4.20. The van der Waals surface area contributed by atoms with Crippen LogP contribution in [0.5, 0.6) is 0 Å². The van der Waals surface area contributed by atoms with E-state index in [-0.39, 0.29) is 5.82 Å². The van der Waals surface area contributed by atoms with Gasteiger partial charge in [-0.15, -0.1) is 0 Å². The molecular weight excluding hydrogens is 269 g/mol. The first kappa shape index (κ1) is 13.5. The van der Waals surface area contributed by atoms with Crippen LogP contribution in [0.25, 0.3) is 0 Å². The Balaban J connectivity index is 2.71. The highest BCUT2D eigenvalue weighted by Gasteiger charge is 2.08. The fourth-order valence-electron chi connectivity index (χ4n) is 1.52. The molecule has 0 bridgehead atoms. The van der Waals surface area contributed by atoms with E-state index in [0.29, 0.717) is 16.9 Å². The van der Waals surface area contributed by atoms with E-state index in [1.807, 2.05) is 24.1 Å². The second kappa shape index (κ2) is 6.24. The van der Waals surface area contributed by atoms with E-state index < -0.39 is 0 Å². The predicted molar refractivity (Wildman–Crippen MR) is 71.8 cm³/mol. The Kier molecular flexibility index (Phi) is 5.26. The Bertz CT molecular complexity index is 339. The lowest BCUT2D eigenvalue weighted by molar-refractivity contribution is 0.574. The fourth-order valence-corrected chi connectivity index (χ4v) is 1.86. The van der Waals surface area contributed by atoms with E-state index >= 15 is 0 Å². The van der Waals surface area contributed by atoms with Gasteiger partial charge in [0, 0.05) is 18.9 Å². The van der Waals surface area contributed by atoms with Crippen molar-refractivity contribution in [2.45, 2.75) is 25.6 Å². The zero-order valence-electron chi connectivity index (χ0n) is 10.1. The van der Waals surface area contributed by atoms with Crippen molar-refractivity contribution in [2.75, 3.05) is 18.5 Å². The van der Waals surface area contributed by atoms with Crippen molar-refractivity contribution in [3.8, 4) is 0 Å². The highest BCUT2D eigenvalue weighted by molar-refractivity contribution is 9.08. The highest BCUT2D eigenvalue weighted by Crippen LogP contribution is 2.21. The molecule has 0 unspecified atom stereocenters. The molecule has 0 aliphatic rings. The molecule has 0 fully saturated rings. The van der Waals surface area contributed by atoms with Crippen LogP contribution in [0, 0.1) is 11.7 Å². The minimum Gasteiger partial charge on any atom is -0.372 e. The van der Waals surface area contributed by atoms with Crippen LogP contribution in [-0.2, 0) is 5.33 Å². The molecular formula is C13H19BrFN. The highest BCUT2D eigenvalue weighted by atomic mass is 79.9. The van der Waals surface area contributed by atoms with Gasteiger partial charge in [0.15, 0.2) is 0 Å². The average Bonchev–Trinajstić information content (AvgIpc) is 2.25. The first-order chi connectivity index (χ1) is 7.54. The van der Waals surface area contributed by atoms with Crippen molar-refractivity contribution in [3.05, 3.63) is 29.6 Å². The maximum Gasteiger partial charge on any atom is 0.146 e. The van der Waals surface area contributed by atoms with Gasteiger partial charge in [-0.25, -0.2) is 4.39 Å². The molecule has 1 aromatic carbocycles. The second-order valence-corrected chi connectivity index (χ2v) is 5.08. The lowest BCUT2D eigenvalue weighted by Crippen LogP contribution is -2.21. The zero-order chi connectivity index (χ0) is 12.1. The smallest absolute Gasteiger partial charge is 0.146 e. The van der Waals surface area contributed by atoms with Crippen molar-refractivity contribution in [2.24, 2.45) is 5.92 Å². The first-order valence-corrected chi connectivity index (χ1v) is 6.72. The van der Waals surface area contributed by atoms with Crippen LogP contribution >= 0.6 is 15.9 Å². The molecule has 0 heterocycles. The van der Waals surface area contributed by atoms with E-state index in [1.54, 1.807) is 6.07 Å². The van der Waals surface area contributed by atoms with E-state index in [2.05, 4.69) is 29.8 Å². The molecule has 0 radical (unpaired) electrons. The number of hydrogen-bond acceptors (Lipinski definition) is 1. The summed E-state index contributed by atoms with van der Waals surface area (Å²) in [6, 6.07) is 5.40. The largest absolute Gasteiger partial charge is 0.372 e. The Morgan fingerprint density at radius 3 is 2.56 bits per heavy atom. The second-order valence-electron chi connectivity index (χ2n) is 4.52.